The third-order valence-electron chi connectivity index (χ3n) is 4.51. The summed E-state index contributed by atoms with van der Waals surface area (Å²) in [7, 11) is 0. The van der Waals surface area contributed by atoms with Crippen LogP contribution in [0.15, 0.2) is 24.3 Å². The average Bonchev–Trinajstić information content (AvgIpc) is 3.04. The summed E-state index contributed by atoms with van der Waals surface area (Å²) in [5.74, 6) is 2.73. The number of rotatable bonds is 4. The fraction of sp³-hybridized carbons (Fsp3) is 0.562. The van der Waals surface area contributed by atoms with Crippen molar-refractivity contribution in [3.8, 4) is 5.75 Å². The number of fused-ring (bicyclic) bond motifs is 2. The third kappa shape index (κ3) is 2.60. The molecule has 1 N–H and O–H groups in total. The van der Waals surface area contributed by atoms with E-state index in [0.717, 1.165) is 23.8 Å². The molecular weight excluding hydrogens is 238 g/mol. The Kier molecular flexibility index (Phi) is 3.45. The van der Waals surface area contributed by atoms with E-state index in [9.17, 15) is 4.79 Å². The average molecular weight is 259 g/mol. The van der Waals surface area contributed by atoms with Gasteiger partial charge in [0.15, 0.2) is 0 Å². The maximum atomic E-state index is 12.3. The molecule has 0 saturated heterocycles. The predicted octanol–water partition coefficient (Wildman–Crippen LogP) is 3.46. The number of benzene rings is 1. The molecule has 3 rings (SSSR count). The summed E-state index contributed by atoms with van der Waals surface area (Å²) in [4.78, 5) is 12.3. The molecular formula is C16H21NO2. The first-order valence-corrected chi connectivity index (χ1v) is 7.30. The highest BCUT2D eigenvalue weighted by molar-refractivity contribution is 5.93. The second kappa shape index (κ2) is 5.24. The SMILES string of the molecule is CCOc1ccc(NC(=O)[C@H]2C[C@@H]3CC[C@@H]2C3)cc1. The quantitative estimate of drug-likeness (QED) is 0.899. The largest absolute Gasteiger partial charge is 0.494 e. The molecule has 0 heterocycles. The maximum Gasteiger partial charge on any atom is 0.227 e. The standard InChI is InChI=1S/C16H21NO2/c1-2-19-14-7-5-13(6-8-14)17-16(18)15-10-11-3-4-12(15)9-11/h5-8,11-12,15H,2-4,9-10H2,1H3,(H,17,18)/t11-,12-,15+/m1/s1. The van der Waals surface area contributed by atoms with E-state index < -0.39 is 0 Å². The van der Waals surface area contributed by atoms with Gasteiger partial charge in [-0.25, -0.2) is 0 Å². The molecule has 2 saturated carbocycles. The van der Waals surface area contributed by atoms with Crippen molar-refractivity contribution in [3.05, 3.63) is 24.3 Å². The number of amides is 1. The highest BCUT2D eigenvalue weighted by Crippen LogP contribution is 2.48. The van der Waals surface area contributed by atoms with Gasteiger partial charge in [-0.15, -0.1) is 0 Å². The topological polar surface area (TPSA) is 38.3 Å². The van der Waals surface area contributed by atoms with Crippen molar-refractivity contribution in [3.63, 3.8) is 0 Å². The van der Waals surface area contributed by atoms with E-state index in [2.05, 4.69) is 5.32 Å². The van der Waals surface area contributed by atoms with Gasteiger partial charge in [0.1, 0.15) is 5.75 Å². The summed E-state index contributed by atoms with van der Waals surface area (Å²) >= 11 is 0. The van der Waals surface area contributed by atoms with Crippen molar-refractivity contribution < 1.29 is 9.53 Å². The number of hydrogen-bond acceptors (Lipinski definition) is 2. The van der Waals surface area contributed by atoms with Crippen LogP contribution in [0.4, 0.5) is 5.69 Å². The molecule has 0 radical (unpaired) electrons. The van der Waals surface area contributed by atoms with E-state index in [-0.39, 0.29) is 11.8 Å². The molecule has 2 bridgehead atoms. The Labute approximate surface area is 114 Å². The first-order valence-electron chi connectivity index (χ1n) is 7.30. The Balaban J connectivity index is 1.60. The van der Waals surface area contributed by atoms with Crippen molar-refractivity contribution in [1.29, 1.82) is 0 Å². The van der Waals surface area contributed by atoms with Crippen molar-refractivity contribution in [2.75, 3.05) is 11.9 Å². The molecule has 2 fully saturated rings. The Morgan fingerprint density at radius 2 is 2.05 bits per heavy atom. The number of carbonyl (C=O) groups excluding carboxylic acids is 1. The first kappa shape index (κ1) is 12.5. The predicted molar refractivity (Wildman–Crippen MR) is 75.2 cm³/mol. The van der Waals surface area contributed by atoms with Crippen LogP contribution in [0, 0.1) is 17.8 Å². The molecule has 0 aromatic heterocycles. The zero-order valence-corrected chi connectivity index (χ0v) is 11.4. The minimum atomic E-state index is 0.205. The molecule has 19 heavy (non-hydrogen) atoms. The summed E-state index contributed by atoms with van der Waals surface area (Å²) in [5, 5.41) is 3.04. The van der Waals surface area contributed by atoms with Crippen LogP contribution >= 0.6 is 0 Å². The van der Waals surface area contributed by atoms with Gasteiger partial charge < -0.3 is 10.1 Å². The van der Waals surface area contributed by atoms with E-state index >= 15 is 0 Å². The zero-order valence-electron chi connectivity index (χ0n) is 11.4. The number of ether oxygens (including phenoxy) is 1. The molecule has 3 atom stereocenters. The van der Waals surface area contributed by atoms with Gasteiger partial charge in [-0.2, -0.15) is 0 Å². The molecule has 2 aliphatic rings. The molecule has 3 nitrogen and oxygen atoms in total. The van der Waals surface area contributed by atoms with Crippen molar-refractivity contribution >= 4 is 11.6 Å². The van der Waals surface area contributed by atoms with Gasteiger partial charge in [-0.3, -0.25) is 4.79 Å². The summed E-state index contributed by atoms with van der Waals surface area (Å²) in [6.45, 7) is 2.63. The number of carbonyl (C=O) groups is 1. The molecule has 0 spiro atoms. The summed E-state index contributed by atoms with van der Waals surface area (Å²) in [6, 6.07) is 7.63. The minimum Gasteiger partial charge on any atom is -0.494 e. The van der Waals surface area contributed by atoms with Crippen molar-refractivity contribution in [2.24, 2.45) is 17.8 Å². The molecule has 2 aliphatic carbocycles. The summed E-state index contributed by atoms with van der Waals surface area (Å²) < 4.78 is 5.39. The highest BCUT2D eigenvalue weighted by Gasteiger charge is 2.42. The summed E-state index contributed by atoms with van der Waals surface area (Å²) in [5.41, 5.74) is 0.872. The lowest BCUT2D eigenvalue weighted by atomic mass is 9.88. The van der Waals surface area contributed by atoms with Gasteiger partial charge in [0.2, 0.25) is 5.91 Å². The van der Waals surface area contributed by atoms with Crippen LogP contribution < -0.4 is 10.1 Å². The smallest absolute Gasteiger partial charge is 0.227 e. The molecule has 3 heteroatoms. The monoisotopic (exact) mass is 259 g/mol. The Morgan fingerprint density at radius 3 is 2.63 bits per heavy atom. The van der Waals surface area contributed by atoms with Crippen LogP contribution in [-0.2, 0) is 4.79 Å². The minimum absolute atomic E-state index is 0.205. The van der Waals surface area contributed by atoms with Gasteiger partial charge in [-0.1, -0.05) is 6.42 Å². The molecule has 1 aromatic rings. The number of hydrogen-bond donors (Lipinski definition) is 1. The van der Waals surface area contributed by atoms with E-state index in [1.165, 1.54) is 19.3 Å². The van der Waals surface area contributed by atoms with Crippen LogP contribution in [-0.4, -0.2) is 12.5 Å². The lowest BCUT2D eigenvalue weighted by Crippen LogP contribution is -2.27. The maximum absolute atomic E-state index is 12.3. The Hall–Kier alpha value is -1.51. The fourth-order valence-corrected chi connectivity index (χ4v) is 3.60. The number of anilines is 1. The van der Waals surface area contributed by atoms with Crippen LogP contribution in [0.2, 0.25) is 0 Å². The van der Waals surface area contributed by atoms with Crippen molar-refractivity contribution in [2.45, 2.75) is 32.6 Å². The number of nitrogens with one attached hydrogen (secondary N) is 1. The highest BCUT2D eigenvalue weighted by atomic mass is 16.5. The second-order valence-corrected chi connectivity index (χ2v) is 5.73. The zero-order chi connectivity index (χ0) is 13.2. The molecule has 1 amide bonds. The first-order chi connectivity index (χ1) is 9.26. The lowest BCUT2D eigenvalue weighted by Gasteiger charge is -2.20. The molecule has 0 aliphatic heterocycles. The van der Waals surface area contributed by atoms with E-state index in [4.69, 9.17) is 4.74 Å². The van der Waals surface area contributed by atoms with Gasteiger partial charge in [0.05, 0.1) is 6.61 Å². The molecule has 1 aromatic carbocycles. The lowest BCUT2D eigenvalue weighted by molar-refractivity contribution is -0.121. The normalized spacial score (nSPS) is 28.4. The third-order valence-corrected chi connectivity index (χ3v) is 4.51. The summed E-state index contributed by atoms with van der Waals surface area (Å²) in [6.07, 6.45) is 4.93. The Morgan fingerprint density at radius 1 is 1.26 bits per heavy atom. The molecule has 102 valence electrons. The Bertz CT molecular complexity index is 454. The van der Waals surface area contributed by atoms with Gasteiger partial charge in [0.25, 0.3) is 0 Å². The van der Waals surface area contributed by atoms with Crippen LogP contribution in [0.25, 0.3) is 0 Å². The van der Waals surface area contributed by atoms with Gasteiger partial charge in [0, 0.05) is 11.6 Å². The van der Waals surface area contributed by atoms with Crippen LogP contribution in [0.3, 0.4) is 0 Å². The van der Waals surface area contributed by atoms with E-state index in [0.29, 0.717) is 12.5 Å². The molecule has 0 unspecified atom stereocenters. The fourth-order valence-electron chi connectivity index (χ4n) is 3.60. The van der Waals surface area contributed by atoms with Crippen LogP contribution in [0.5, 0.6) is 5.75 Å². The van der Waals surface area contributed by atoms with Gasteiger partial charge >= 0.3 is 0 Å². The van der Waals surface area contributed by atoms with Gasteiger partial charge in [-0.05, 0) is 62.3 Å². The van der Waals surface area contributed by atoms with E-state index in [1.807, 2.05) is 31.2 Å². The second-order valence-electron chi connectivity index (χ2n) is 5.73. The van der Waals surface area contributed by atoms with Crippen LogP contribution in [0.1, 0.15) is 32.6 Å². The van der Waals surface area contributed by atoms with E-state index in [1.54, 1.807) is 0 Å². The van der Waals surface area contributed by atoms with Crippen molar-refractivity contribution in [1.82, 2.24) is 0 Å².